The second-order valence-electron chi connectivity index (χ2n) is 7.25. The zero-order chi connectivity index (χ0) is 18.8. The van der Waals surface area contributed by atoms with Gasteiger partial charge in [-0.1, -0.05) is 17.7 Å². The standard InChI is InChI=1S/C19H28N6O/c1-13-5-6-16(14(2)11-13)25-19(21-18(22-25)12-17(20)26)15(3)24-9-7-23(4)8-10-24/h5-6,11,15H,7-10,12H2,1-4H3,(H2,20,26)/t15-/m1/s1. The quantitative estimate of drug-likeness (QED) is 0.871. The van der Waals surface area contributed by atoms with E-state index in [1.165, 1.54) is 5.56 Å². The molecule has 140 valence electrons. The number of primary amides is 1. The molecule has 2 heterocycles. The number of aryl methyl sites for hydroxylation is 2. The number of piperazine rings is 1. The second kappa shape index (κ2) is 7.55. The number of aromatic nitrogens is 3. The number of nitrogens with two attached hydrogens (primary N) is 1. The van der Waals surface area contributed by atoms with Crippen molar-refractivity contribution in [3.63, 3.8) is 0 Å². The van der Waals surface area contributed by atoms with Gasteiger partial charge in [0.05, 0.1) is 18.2 Å². The lowest BCUT2D eigenvalue weighted by atomic mass is 10.1. The molecule has 0 spiro atoms. The molecule has 1 atom stereocenters. The van der Waals surface area contributed by atoms with Gasteiger partial charge in [0, 0.05) is 26.2 Å². The van der Waals surface area contributed by atoms with Crippen LogP contribution < -0.4 is 5.73 Å². The number of rotatable bonds is 5. The number of hydrogen-bond acceptors (Lipinski definition) is 5. The van der Waals surface area contributed by atoms with Gasteiger partial charge in [-0.05, 0) is 39.4 Å². The maximum Gasteiger partial charge on any atom is 0.225 e. The summed E-state index contributed by atoms with van der Waals surface area (Å²) < 4.78 is 1.88. The van der Waals surface area contributed by atoms with Gasteiger partial charge in [0.1, 0.15) is 5.82 Å². The maximum atomic E-state index is 11.4. The van der Waals surface area contributed by atoms with Gasteiger partial charge in [0.15, 0.2) is 5.82 Å². The van der Waals surface area contributed by atoms with Crippen LogP contribution in [0, 0.1) is 13.8 Å². The van der Waals surface area contributed by atoms with Crippen LogP contribution in [0.15, 0.2) is 18.2 Å². The Morgan fingerprint density at radius 2 is 1.92 bits per heavy atom. The van der Waals surface area contributed by atoms with Crippen molar-refractivity contribution in [2.75, 3.05) is 33.2 Å². The molecule has 7 nitrogen and oxygen atoms in total. The van der Waals surface area contributed by atoms with Gasteiger partial charge in [-0.3, -0.25) is 9.69 Å². The molecule has 1 amide bonds. The zero-order valence-corrected chi connectivity index (χ0v) is 16.1. The average Bonchev–Trinajstić information content (AvgIpc) is 2.97. The summed E-state index contributed by atoms with van der Waals surface area (Å²) in [7, 11) is 2.14. The number of carbonyl (C=O) groups is 1. The Bertz CT molecular complexity index is 791. The normalized spacial score (nSPS) is 17.4. The van der Waals surface area contributed by atoms with E-state index in [0.29, 0.717) is 5.82 Å². The van der Waals surface area contributed by atoms with E-state index < -0.39 is 5.91 Å². The summed E-state index contributed by atoms with van der Waals surface area (Å²) in [6.07, 6.45) is 0.0559. The fourth-order valence-electron chi connectivity index (χ4n) is 3.46. The number of amides is 1. The number of benzene rings is 1. The third kappa shape index (κ3) is 3.94. The highest BCUT2D eigenvalue weighted by Gasteiger charge is 2.26. The van der Waals surface area contributed by atoms with Gasteiger partial charge in [-0.2, -0.15) is 5.10 Å². The van der Waals surface area contributed by atoms with Gasteiger partial charge in [0.25, 0.3) is 0 Å². The van der Waals surface area contributed by atoms with Crippen LogP contribution in [-0.4, -0.2) is 63.7 Å². The topological polar surface area (TPSA) is 80.3 Å². The molecule has 1 aliphatic heterocycles. The predicted molar refractivity (Wildman–Crippen MR) is 101 cm³/mol. The van der Waals surface area contributed by atoms with Crippen molar-refractivity contribution in [1.82, 2.24) is 24.6 Å². The summed E-state index contributed by atoms with van der Waals surface area (Å²) in [5.41, 5.74) is 8.70. The minimum absolute atomic E-state index is 0.0559. The number of nitrogens with zero attached hydrogens (tertiary/aromatic N) is 5. The van der Waals surface area contributed by atoms with Crippen molar-refractivity contribution in [3.8, 4) is 5.69 Å². The number of likely N-dealkylation sites (N-methyl/N-ethyl adjacent to an activating group) is 1. The van der Waals surface area contributed by atoms with Crippen molar-refractivity contribution >= 4 is 5.91 Å². The molecule has 0 radical (unpaired) electrons. The first-order chi connectivity index (χ1) is 12.3. The Hall–Kier alpha value is -2.25. The van der Waals surface area contributed by atoms with Crippen molar-refractivity contribution in [2.45, 2.75) is 33.2 Å². The molecule has 1 aromatic carbocycles. The van der Waals surface area contributed by atoms with Gasteiger partial charge < -0.3 is 10.6 Å². The highest BCUT2D eigenvalue weighted by atomic mass is 16.1. The predicted octanol–water partition coefficient (Wildman–Crippen LogP) is 1.22. The maximum absolute atomic E-state index is 11.4. The highest BCUT2D eigenvalue weighted by molar-refractivity contribution is 5.75. The van der Waals surface area contributed by atoms with E-state index in [4.69, 9.17) is 5.73 Å². The summed E-state index contributed by atoms with van der Waals surface area (Å²) in [6.45, 7) is 10.4. The van der Waals surface area contributed by atoms with E-state index in [2.05, 4.69) is 65.9 Å². The van der Waals surface area contributed by atoms with Crippen LogP contribution in [0.1, 0.15) is 35.7 Å². The third-order valence-corrected chi connectivity index (χ3v) is 5.05. The van der Waals surface area contributed by atoms with Crippen LogP contribution in [0.4, 0.5) is 0 Å². The van der Waals surface area contributed by atoms with Crippen LogP contribution in [0.3, 0.4) is 0 Å². The lowest BCUT2D eigenvalue weighted by molar-refractivity contribution is -0.117. The zero-order valence-electron chi connectivity index (χ0n) is 16.1. The molecule has 0 unspecified atom stereocenters. The van der Waals surface area contributed by atoms with Crippen molar-refractivity contribution < 1.29 is 4.79 Å². The molecule has 2 aromatic rings. The fourth-order valence-corrected chi connectivity index (χ4v) is 3.46. The highest BCUT2D eigenvalue weighted by Crippen LogP contribution is 2.25. The minimum atomic E-state index is -0.415. The van der Waals surface area contributed by atoms with Crippen molar-refractivity contribution in [1.29, 1.82) is 0 Å². The minimum Gasteiger partial charge on any atom is -0.369 e. The van der Waals surface area contributed by atoms with Crippen LogP contribution in [0.2, 0.25) is 0 Å². The molecule has 7 heteroatoms. The van der Waals surface area contributed by atoms with Crippen molar-refractivity contribution in [3.05, 3.63) is 41.0 Å². The smallest absolute Gasteiger partial charge is 0.225 e. The number of hydrogen-bond donors (Lipinski definition) is 1. The molecule has 0 bridgehead atoms. The summed E-state index contributed by atoms with van der Waals surface area (Å²) >= 11 is 0. The largest absolute Gasteiger partial charge is 0.369 e. The summed E-state index contributed by atoms with van der Waals surface area (Å²) in [4.78, 5) is 20.8. The first-order valence-corrected chi connectivity index (χ1v) is 9.09. The van der Waals surface area contributed by atoms with Gasteiger partial charge in [0.2, 0.25) is 5.91 Å². The summed E-state index contributed by atoms with van der Waals surface area (Å²) in [6, 6.07) is 6.38. The molecule has 1 saturated heterocycles. The van der Waals surface area contributed by atoms with Gasteiger partial charge in [-0.15, -0.1) is 0 Å². The Balaban J connectivity index is 1.99. The first-order valence-electron chi connectivity index (χ1n) is 9.09. The van der Waals surface area contributed by atoms with E-state index in [9.17, 15) is 4.79 Å². The van der Waals surface area contributed by atoms with Gasteiger partial charge >= 0.3 is 0 Å². The van der Waals surface area contributed by atoms with Gasteiger partial charge in [-0.25, -0.2) is 9.67 Å². The monoisotopic (exact) mass is 356 g/mol. The summed E-state index contributed by atoms with van der Waals surface area (Å²) in [5.74, 6) is 0.924. The van der Waals surface area contributed by atoms with E-state index in [1.807, 2.05) is 4.68 Å². The Kier molecular flexibility index (Phi) is 5.38. The Morgan fingerprint density at radius 1 is 1.23 bits per heavy atom. The van der Waals surface area contributed by atoms with Crippen LogP contribution >= 0.6 is 0 Å². The molecule has 0 aliphatic carbocycles. The molecular weight excluding hydrogens is 328 g/mol. The van der Waals surface area contributed by atoms with Crippen LogP contribution in [0.25, 0.3) is 5.69 Å². The van der Waals surface area contributed by atoms with E-state index >= 15 is 0 Å². The molecule has 1 aromatic heterocycles. The third-order valence-electron chi connectivity index (χ3n) is 5.05. The first kappa shape index (κ1) is 18.5. The number of carbonyl (C=O) groups excluding carboxylic acids is 1. The molecular formula is C19H28N6O. The van der Waals surface area contributed by atoms with E-state index in [0.717, 1.165) is 43.3 Å². The van der Waals surface area contributed by atoms with Crippen LogP contribution in [-0.2, 0) is 11.2 Å². The molecule has 26 heavy (non-hydrogen) atoms. The molecule has 0 saturated carbocycles. The second-order valence-corrected chi connectivity index (χ2v) is 7.25. The fraction of sp³-hybridized carbons (Fsp3) is 0.526. The molecule has 1 fully saturated rings. The van der Waals surface area contributed by atoms with Crippen LogP contribution in [0.5, 0.6) is 0 Å². The lowest BCUT2D eigenvalue weighted by Crippen LogP contribution is -2.45. The van der Waals surface area contributed by atoms with E-state index in [-0.39, 0.29) is 12.5 Å². The lowest BCUT2D eigenvalue weighted by Gasteiger charge is -2.36. The summed E-state index contributed by atoms with van der Waals surface area (Å²) in [5, 5.41) is 4.61. The SMILES string of the molecule is Cc1ccc(-n2nc(CC(N)=O)nc2[C@@H](C)N2CCN(C)CC2)c(C)c1. The Morgan fingerprint density at radius 3 is 2.54 bits per heavy atom. The van der Waals surface area contributed by atoms with Crippen molar-refractivity contribution in [2.24, 2.45) is 5.73 Å². The molecule has 1 aliphatic rings. The molecule has 2 N–H and O–H groups in total. The Labute approximate surface area is 154 Å². The molecule has 3 rings (SSSR count). The average molecular weight is 356 g/mol. The van der Waals surface area contributed by atoms with E-state index in [1.54, 1.807) is 0 Å².